The summed E-state index contributed by atoms with van der Waals surface area (Å²) < 4.78 is 0. The lowest BCUT2D eigenvalue weighted by Crippen LogP contribution is -2.38. The fraction of sp³-hybridized carbons (Fsp3) is 0.462. The average molecular weight is 452 g/mol. The van der Waals surface area contributed by atoms with E-state index < -0.39 is 0 Å². The Morgan fingerprint density at radius 2 is 1.75 bits per heavy atom. The first-order chi connectivity index (χ1) is 15.6. The molecule has 2 aliphatic heterocycles. The highest BCUT2D eigenvalue weighted by Gasteiger charge is 2.24. The van der Waals surface area contributed by atoms with Crippen LogP contribution in [0.1, 0.15) is 42.1 Å². The van der Waals surface area contributed by atoms with Gasteiger partial charge in [0.25, 0.3) is 5.91 Å². The number of carbonyl (C=O) groups is 2. The molecule has 2 amide bonds. The molecular weight excluding hydrogens is 418 g/mol. The molecule has 170 valence electrons. The zero-order valence-corrected chi connectivity index (χ0v) is 19.7. The first-order valence-corrected chi connectivity index (χ1v) is 12.7. The molecule has 1 atom stereocenters. The first kappa shape index (κ1) is 22.9. The lowest BCUT2D eigenvalue weighted by Gasteiger charge is -2.29. The summed E-state index contributed by atoms with van der Waals surface area (Å²) in [4.78, 5) is 31.0. The van der Waals surface area contributed by atoms with E-state index in [1.165, 1.54) is 49.7 Å². The quantitative estimate of drug-likeness (QED) is 0.611. The Morgan fingerprint density at radius 3 is 2.59 bits per heavy atom. The van der Waals surface area contributed by atoms with Gasteiger partial charge in [-0.05, 0) is 62.0 Å². The Bertz CT molecular complexity index is 942. The van der Waals surface area contributed by atoms with Crippen LogP contribution in [-0.4, -0.2) is 55.2 Å². The molecule has 1 saturated heterocycles. The molecule has 1 unspecified atom stereocenters. The largest absolute Gasteiger partial charge is 0.352 e. The lowest BCUT2D eigenvalue weighted by molar-refractivity contribution is -0.116. The van der Waals surface area contributed by atoms with Gasteiger partial charge >= 0.3 is 0 Å². The van der Waals surface area contributed by atoms with E-state index in [2.05, 4.69) is 23.2 Å². The maximum absolute atomic E-state index is 12.9. The number of nitrogens with one attached hydrogen (secondary N) is 1. The Kier molecular flexibility index (Phi) is 7.87. The van der Waals surface area contributed by atoms with Gasteiger partial charge in [-0.1, -0.05) is 43.7 Å². The van der Waals surface area contributed by atoms with Crippen molar-refractivity contribution in [1.29, 1.82) is 0 Å². The summed E-state index contributed by atoms with van der Waals surface area (Å²) in [7, 11) is 0. The van der Waals surface area contributed by atoms with Crippen LogP contribution in [0.3, 0.4) is 0 Å². The summed E-state index contributed by atoms with van der Waals surface area (Å²) in [6.45, 7) is 6.97. The molecule has 1 N–H and O–H groups in total. The van der Waals surface area contributed by atoms with E-state index in [0.717, 1.165) is 30.1 Å². The van der Waals surface area contributed by atoms with Crippen molar-refractivity contribution in [3.8, 4) is 0 Å². The smallest absolute Gasteiger partial charge is 0.252 e. The molecule has 0 saturated carbocycles. The van der Waals surface area contributed by atoms with E-state index >= 15 is 0 Å². The number of anilines is 1. The fourth-order valence-electron chi connectivity index (χ4n) is 4.60. The molecule has 0 aromatic heterocycles. The normalized spacial score (nSPS) is 17.1. The molecule has 4 rings (SSSR count). The number of fused-ring (bicyclic) bond motifs is 1. The van der Waals surface area contributed by atoms with Crippen LogP contribution in [0.15, 0.2) is 53.4 Å². The zero-order valence-electron chi connectivity index (χ0n) is 18.9. The van der Waals surface area contributed by atoms with Crippen molar-refractivity contribution < 1.29 is 9.59 Å². The number of nitrogens with zero attached hydrogens (tertiary/aromatic N) is 2. The highest BCUT2D eigenvalue weighted by Crippen LogP contribution is 2.29. The standard InChI is InChI=1S/C26H33N3O2S/c1-20(18-28-14-7-2-8-15-28)17-27-26(31)22-10-4-6-12-24(22)32-19-25(30)29-16-13-21-9-3-5-11-23(21)29/h3-6,9-12,20H,2,7-8,13-19H2,1H3,(H,27,31). The van der Waals surface area contributed by atoms with Crippen LogP contribution in [0.25, 0.3) is 0 Å². The second-order valence-corrected chi connectivity index (χ2v) is 9.90. The number of benzene rings is 2. The van der Waals surface area contributed by atoms with Crippen LogP contribution in [-0.2, 0) is 11.2 Å². The van der Waals surface area contributed by atoms with E-state index in [0.29, 0.717) is 23.8 Å². The summed E-state index contributed by atoms with van der Waals surface area (Å²) >= 11 is 1.45. The molecular formula is C26H33N3O2S. The molecule has 2 heterocycles. The first-order valence-electron chi connectivity index (χ1n) is 11.7. The molecule has 2 aliphatic rings. The van der Waals surface area contributed by atoms with Gasteiger partial charge in [0.05, 0.1) is 11.3 Å². The third kappa shape index (κ3) is 5.73. The van der Waals surface area contributed by atoms with Crippen molar-refractivity contribution in [1.82, 2.24) is 10.2 Å². The second-order valence-electron chi connectivity index (χ2n) is 8.89. The summed E-state index contributed by atoms with van der Waals surface area (Å²) in [5.41, 5.74) is 2.90. The topological polar surface area (TPSA) is 52.7 Å². The molecule has 0 radical (unpaired) electrons. The molecule has 0 aliphatic carbocycles. The minimum atomic E-state index is -0.0578. The third-order valence-corrected chi connectivity index (χ3v) is 7.36. The number of hydrogen-bond donors (Lipinski definition) is 1. The average Bonchev–Trinajstić information content (AvgIpc) is 3.26. The van der Waals surface area contributed by atoms with Gasteiger partial charge in [-0.3, -0.25) is 9.59 Å². The summed E-state index contributed by atoms with van der Waals surface area (Å²) in [5.74, 6) is 0.765. The molecule has 0 bridgehead atoms. The van der Waals surface area contributed by atoms with Crippen LogP contribution in [0, 0.1) is 5.92 Å². The summed E-state index contributed by atoms with van der Waals surface area (Å²) in [6.07, 6.45) is 4.81. The second kappa shape index (κ2) is 11.0. The van der Waals surface area contributed by atoms with Gasteiger partial charge < -0.3 is 15.1 Å². The Labute approximate surface area is 195 Å². The van der Waals surface area contributed by atoms with E-state index in [1.54, 1.807) is 0 Å². The SMILES string of the molecule is CC(CNC(=O)c1ccccc1SCC(=O)N1CCc2ccccc21)CN1CCCCC1. The van der Waals surface area contributed by atoms with Crippen LogP contribution in [0.2, 0.25) is 0 Å². The molecule has 32 heavy (non-hydrogen) atoms. The Hall–Kier alpha value is -2.31. The van der Waals surface area contributed by atoms with Crippen molar-refractivity contribution >= 4 is 29.3 Å². The van der Waals surface area contributed by atoms with Gasteiger partial charge in [-0.2, -0.15) is 0 Å². The van der Waals surface area contributed by atoms with E-state index in [4.69, 9.17) is 0 Å². The minimum absolute atomic E-state index is 0.0578. The molecule has 0 spiro atoms. The van der Waals surface area contributed by atoms with E-state index in [1.807, 2.05) is 47.4 Å². The maximum atomic E-state index is 12.9. The van der Waals surface area contributed by atoms with Crippen LogP contribution in [0.5, 0.6) is 0 Å². The van der Waals surface area contributed by atoms with E-state index in [-0.39, 0.29) is 11.8 Å². The number of rotatable bonds is 8. The zero-order chi connectivity index (χ0) is 22.3. The third-order valence-electron chi connectivity index (χ3n) is 6.30. The maximum Gasteiger partial charge on any atom is 0.252 e. The highest BCUT2D eigenvalue weighted by atomic mass is 32.2. The van der Waals surface area contributed by atoms with Crippen LogP contribution >= 0.6 is 11.8 Å². The minimum Gasteiger partial charge on any atom is -0.352 e. The number of para-hydroxylation sites is 1. The van der Waals surface area contributed by atoms with Crippen molar-refractivity contribution in [2.45, 2.75) is 37.5 Å². The summed E-state index contributed by atoms with van der Waals surface area (Å²) in [6, 6.07) is 15.7. The van der Waals surface area contributed by atoms with Crippen molar-refractivity contribution in [3.05, 3.63) is 59.7 Å². The predicted octanol–water partition coefficient (Wildman–Crippen LogP) is 4.22. The molecule has 6 heteroatoms. The van der Waals surface area contributed by atoms with Crippen LogP contribution < -0.4 is 10.2 Å². The Balaban J connectivity index is 1.30. The molecule has 1 fully saturated rings. The van der Waals surface area contributed by atoms with E-state index in [9.17, 15) is 9.59 Å². The van der Waals surface area contributed by atoms with Gasteiger partial charge in [0, 0.05) is 30.2 Å². The number of piperidine rings is 1. The number of hydrogen-bond acceptors (Lipinski definition) is 4. The van der Waals surface area contributed by atoms with Gasteiger partial charge in [0.15, 0.2) is 0 Å². The number of carbonyl (C=O) groups excluding carboxylic acids is 2. The number of likely N-dealkylation sites (tertiary alicyclic amines) is 1. The lowest BCUT2D eigenvalue weighted by atomic mass is 10.1. The van der Waals surface area contributed by atoms with Crippen molar-refractivity contribution in [3.63, 3.8) is 0 Å². The van der Waals surface area contributed by atoms with Gasteiger partial charge in [0.2, 0.25) is 5.91 Å². The fourth-order valence-corrected chi connectivity index (χ4v) is 5.53. The number of thioether (sulfide) groups is 1. The van der Waals surface area contributed by atoms with Gasteiger partial charge in [-0.15, -0.1) is 11.8 Å². The predicted molar refractivity (Wildman–Crippen MR) is 131 cm³/mol. The monoisotopic (exact) mass is 451 g/mol. The molecule has 2 aromatic rings. The highest BCUT2D eigenvalue weighted by molar-refractivity contribution is 8.00. The summed E-state index contributed by atoms with van der Waals surface area (Å²) in [5, 5.41) is 3.11. The van der Waals surface area contributed by atoms with Crippen LogP contribution in [0.4, 0.5) is 5.69 Å². The Morgan fingerprint density at radius 1 is 1.00 bits per heavy atom. The number of amides is 2. The van der Waals surface area contributed by atoms with Gasteiger partial charge in [-0.25, -0.2) is 0 Å². The van der Waals surface area contributed by atoms with Crippen molar-refractivity contribution in [2.75, 3.05) is 43.4 Å². The van der Waals surface area contributed by atoms with Crippen molar-refractivity contribution in [2.24, 2.45) is 5.92 Å². The molecule has 5 nitrogen and oxygen atoms in total. The van der Waals surface area contributed by atoms with Gasteiger partial charge in [0.1, 0.15) is 0 Å². The molecule has 2 aromatic carbocycles.